The van der Waals surface area contributed by atoms with Crippen LogP contribution in [0, 0.1) is 24.2 Å². The summed E-state index contributed by atoms with van der Waals surface area (Å²) in [6, 6.07) is 160. The van der Waals surface area contributed by atoms with Gasteiger partial charge >= 0.3 is 24.7 Å². The number of aliphatic hydroxyl groups is 1. The van der Waals surface area contributed by atoms with Crippen LogP contribution in [0.4, 0.5) is 52.7 Å². The number of terminal acetylenes is 1. The van der Waals surface area contributed by atoms with Crippen molar-refractivity contribution in [2.75, 3.05) is 0 Å². The van der Waals surface area contributed by atoms with Crippen LogP contribution in [0.15, 0.2) is 522 Å². The molecule has 0 unspecified atom stereocenters. The SMILES string of the molecule is C#Cc1ccc(C(F)(F)F)cc1.FC(F)(F)c1ccc(-c2c3cc(-c4ccccc4)ccc3c(-c3ccc(-c4ccccc4)cc3)c3c(-c4ccc(C(F)(F)F)cc4)c4cc(-c5ccccc5)ccc4c(-c4ccc(-c5ccccc5)cc4)c23)cc1.O=C(c1ccc(-c2ccccc2)cc1)c1ccc(-c2ccccc2)cc1.OC(C#Cc1ccc(C(F)(F)F)cc1)(c1ccc(-c2ccccc2)cc1)c1ccc(-c2ccccc2)cc1. The van der Waals surface area contributed by atoms with E-state index in [1.165, 1.54) is 24.3 Å². The molecule has 22 rings (SSSR count). The number of hydrogen-bond acceptors (Lipinski definition) is 2. The van der Waals surface area contributed by atoms with Crippen molar-refractivity contribution in [3.8, 4) is 158 Å². The van der Waals surface area contributed by atoms with Crippen LogP contribution in [0.2, 0.25) is 0 Å². The summed E-state index contributed by atoms with van der Waals surface area (Å²) in [6.07, 6.45) is -12.9. The largest absolute Gasteiger partial charge is 0.416 e. The van der Waals surface area contributed by atoms with E-state index in [1.54, 1.807) is 24.3 Å². The van der Waals surface area contributed by atoms with Gasteiger partial charge in [-0.2, -0.15) is 52.7 Å². The summed E-state index contributed by atoms with van der Waals surface area (Å²) in [4.78, 5) is 12.7. The number of ketones is 1. The number of hydrogen-bond donors (Lipinski definition) is 1. The zero-order valence-electron chi connectivity index (χ0n) is 80.1. The van der Waals surface area contributed by atoms with E-state index in [0.717, 1.165) is 192 Å². The topological polar surface area (TPSA) is 37.3 Å². The van der Waals surface area contributed by atoms with E-state index in [2.05, 4.69) is 151 Å². The van der Waals surface area contributed by atoms with Crippen LogP contribution in [-0.4, -0.2) is 10.9 Å². The number of carbonyl (C=O) groups is 1. The third-order valence-electron chi connectivity index (χ3n) is 26.5. The quantitative estimate of drug-likeness (QED) is 0.0453. The molecule has 22 aromatic carbocycles. The highest BCUT2D eigenvalue weighted by atomic mass is 19.4. The average Bonchev–Trinajstić information content (AvgIpc) is 0.690. The Morgan fingerprint density at radius 2 is 0.373 bits per heavy atom. The Hall–Kier alpha value is -18.5. The monoisotopic (exact) mass is 1980 g/mol. The van der Waals surface area contributed by atoms with Gasteiger partial charge in [0.25, 0.3) is 0 Å². The average molecular weight is 1980 g/mol. The van der Waals surface area contributed by atoms with Gasteiger partial charge in [0, 0.05) is 33.4 Å². The first-order chi connectivity index (χ1) is 72.6. The summed E-state index contributed by atoms with van der Waals surface area (Å²) < 4.78 is 162. The van der Waals surface area contributed by atoms with Gasteiger partial charge < -0.3 is 5.11 Å². The molecule has 150 heavy (non-hydrogen) atoms. The molecule has 0 aliphatic rings. The second kappa shape index (κ2) is 43.8. The van der Waals surface area contributed by atoms with Crippen molar-refractivity contribution in [1.29, 1.82) is 0 Å². The molecule has 0 fully saturated rings. The molecule has 0 amide bonds. The fourth-order valence-electron chi connectivity index (χ4n) is 18.7. The summed E-state index contributed by atoms with van der Waals surface area (Å²) in [5.74, 6) is 8.12. The molecule has 0 saturated heterocycles. The van der Waals surface area contributed by atoms with Crippen LogP contribution in [0.5, 0.6) is 0 Å². The van der Waals surface area contributed by atoms with Gasteiger partial charge in [-0.05, 0) is 251 Å². The lowest BCUT2D eigenvalue weighted by molar-refractivity contribution is -0.138. The number of benzene rings is 22. The first-order valence-electron chi connectivity index (χ1n) is 48.2. The molecule has 14 heteroatoms. The van der Waals surface area contributed by atoms with Gasteiger partial charge in [0.15, 0.2) is 11.4 Å². The van der Waals surface area contributed by atoms with Crippen LogP contribution in [0.25, 0.3) is 166 Å². The molecule has 22 aromatic rings. The molecule has 0 aliphatic heterocycles. The number of rotatable bonds is 16. The summed E-state index contributed by atoms with van der Waals surface area (Å²) in [5.41, 5.74) is 20.9. The van der Waals surface area contributed by atoms with Gasteiger partial charge in [-0.25, -0.2) is 0 Å². The second-order valence-electron chi connectivity index (χ2n) is 35.9. The number of alkyl halides is 12. The highest BCUT2D eigenvalue weighted by molar-refractivity contribution is 6.34. The molecule has 0 bridgehead atoms. The predicted molar refractivity (Wildman–Crippen MR) is 584 cm³/mol. The molecular formula is C136H88F12O2. The van der Waals surface area contributed by atoms with Crippen molar-refractivity contribution in [3.05, 3.63) is 577 Å². The van der Waals surface area contributed by atoms with Crippen molar-refractivity contribution in [2.45, 2.75) is 30.3 Å². The summed E-state index contributed by atoms with van der Waals surface area (Å²) in [7, 11) is 0. The van der Waals surface area contributed by atoms with Gasteiger partial charge in [0.2, 0.25) is 0 Å². The molecule has 0 aromatic heterocycles. The molecule has 0 heterocycles. The fraction of sp³-hybridized carbons (Fsp3) is 0.0368. The van der Waals surface area contributed by atoms with E-state index in [9.17, 15) is 62.6 Å². The lowest BCUT2D eigenvalue weighted by Crippen LogP contribution is -2.25. The minimum absolute atomic E-state index is 0.0456. The normalized spacial score (nSPS) is 11.5. The lowest BCUT2D eigenvalue weighted by Gasteiger charge is -2.26. The maximum Gasteiger partial charge on any atom is 0.416 e. The lowest BCUT2D eigenvalue weighted by atomic mass is 9.76. The van der Waals surface area contributed by atoms with Crippen LogP contribution >= 0.6 is 0 Å². The Bertz CT molecular complexity index is 8150. The number of fused-ring (bicyclic) bond motifs is 3. The van der Waals surface area contributed by atoms with Crippen molar-refractivity contribution in [3.63, 3.8) is 0 Å². The predicted octanol–water partition coefficient (Wildman–Crippen LogP) is 37.8. The molecular weight excluding hydrogens is 1890 g/mol. The summed E-state index contributed by atoms with van der Waals surface area (Å²) in [6.45, 7) is 0. The van der Waals surface area contributed by atoms with Gasteiger partial charge in [0.1, 0.15) is 0 Å². The molecule has 0 spiro atoms. The molecule has 0 atom stereocenters. The number of carbonyl (C=O) groups excluding carboxylic acids is 1. The second-order valence-corrected chi connectivity index (χ2v) is 35.9. The van der Waals surface area contributed by atoms with E-state index in [4.69, 9.17) is 6.42 Å². The third-order valence-corrected chi connectivity index (χ3v) is 26.5. The maximum absolute atomic E-state index is 14.5. The van der Waals surface area contributed by atoms with Gasteiger partial charge in [-0.15, -0.1) is 6.42 Å². The highest BCUT2D eigenvalue weighted by Crippen LogP contribution is 2.56. The minimum atomic E-state index is -4.59. The van der Waals surface area contributed by atoms with Crippen molar-refractivity contribution < 1.29 is 62.6 Å². The Morgan fingerprint density at radius 1 is 0.193 bits per heavy atom. The Balaban J connectivity index is 0.000000152. The standard InChI is InChI=1S/C68H42F6.C34H23F3O.C25H18O.C9H5F3/c69-67(70,71)55-35-29-51(30-36-55)63-60-42-54(46-19-11-4-12-20-46)34-40-58(60)62(50-27-23-48(24-28-50)44-15-7-2-8-16-44)66-64(52-31-37-56(38-32-52)68(72,73)74)59-41-53(45-17-9-3-10-18-45)33-39-57(59)61(65(63)66)49-25-21-47(22-26-49)43-13-5-1-6-14-43;35-34(36,37)32-17-11-25(12-18-32)23-24-33(38,30-19-13-28(14-20-30)26-7-3-1-4-8-26)31-21-15-29(16-22-31)27-9-5-2-6-10-27;26-25(23-15-11-21(12-16-23)19-7-3-1-4-8-19)24-17-13-22(14-18-24)20-9-5-2-6-10-20;1-2-7-3-5-8(6-4-7)9(10,11)12/h1-42H;1-22,38H;1-18H;1,3-6H. The zero-order chi connectivity index (χ0) is 104. The molecule has 0 radical (unpaired) electrons. The number of halogens is 12. The van der Waals surface area contributed by atoms with Gasteiger partial charge in [0.05, 0.1) is 22.3 Å². The van der Waals surface area contributed by atoms with Crippen LogP contribution in [0.3, 0.4) is 0 Å². The van der Waals surface area contributed by atoms with E-state index in [1.807, 2.05) is 291 Å². The first kappa shape index (κ1) is 100. The highest BCUT2D eigenvalue weighted by Gasteiger charge is 2.36. The first-order valence-corrected chi connectivity index (χ1v) is 48.2. The maximum atomic E-state index is 14.5. The van der Waals surface area contributed by atoms with Crippen LogP contribution in [-0.2, 0) is 30.3 Å². The zero-order valence-corrected chi connectivity index (χ0v) is 80.1. The van der Waals surface area contributed by atoms with Gasteiger partial charge in [-0.3, -0.25) is 4.79 Å². The molecule has 0 saturated carbocycles. The van der Waals surface area contributed by atoms with Crippen LogP contribution < -0.4 is 0 Å². The van der Waals surface area contributed by atoms with Gasteiger partial charge in [-0.1, -0.05) is 455 Å². The van der Waals surface area contributed by atoms with E-state index >= 15 is 0 Å². The van der Waals surface area contributed by atoms with Crippen LogP contribution in [0.1, 0.15) is 60.4 Å². The Kier molecular flexibility index (Phi) is 29.3. The molecule has 1 N–H and O–H groups in total. The summed E-state index contributed by atoms with van der Waals surface area (Å²) >= 11 is 0. The molecule has 2 nitrogen and oxygen atoms in total. The third kappa shape index (κ3) is 22.6. The molecule has 728 valence electrons. The van der Waals surface area contributed by atoms with E-state index < -0.39 is 52.6 Å². The van der Waals surface area contributed by atoms with E-state index in [0.29, 0.717) is 55.6 Å². The summed E-state index contributed by atoms with van der Waals surface area (Å²) in [5, 5.41) is 16.7. The van der Waals surface area contributed by atoms with Crippen molar-refractivity contribution in [1.82, 2.24) is 0 Å². The smallest absolute Gasteiger partial charge is 0.369 e. The minimum Gasteiger partial charge on any atom is -0.369 e. The van der Waals surface area contributed by atoms with Crippen molar-refractivity contribution in [2.24, 2.45) is 0 Å². The molecule has 0 aliphatic carbocycles. The Labute approximate surface area is 860 Å². The van der Waals surface area contributed by atoms with Crippen molar-refractivity contribution >= 4 is 38.1 Å². The Morgan fingerprint density at radius 3 is 0.613 bits per heavy atom. The fourth-order valence-corrected chi connectivity index (χ4v) is 18.7. The van der Waals surface area contributed by atoms with E-state index in [-0.39, 0.29) is 5.78 Å².